The summed E-state index contributed by atoms with van der Waals surface area (Å²) in [4.78, 5) is 0. The van der Waals surface area contributed by atoms with Gasteiger partial charge in [-0.2, -0.15) is 0 Å². The van der Waals surface area contributed by atoms with E-state index >= 15 is 0 Å². The molecule has 1 nitrogen and oxygen atoms in total. The first kappa shape index (κ1) is 3.94. The SMILES string of the molecule is [2H]c1c([2H])c([2H])n(Cc2ccccc2)c1[2H]. The molecule has 0 bridgehead atoms. The minimum atomic E-state index is -0.180. The standard InChI is InChI=1S/C11H11N/c1-2-6-11(7-3-1)10-12-8-4-5-9-12/h1-9H,10H2/i4D,5D,8D,9D. The van der Waals surface area contributed by atoms with Gasteiger partial charge >= 0.3 is 0 Å². The summed E-state index contributed by atoms with van der Waals surface area (Å²) in [7, 11) is 0. The van der Waals surface area contributed by atoms with Crippen molar-refractivity contribution < 1.29 is 5.48 Å². The van der Waals surface area contributed by atoms with Gasteiger partial charge in [0.1, 0.15) is 0 Å². The summed E-state index contributed by atoms with van der Waals surface area (Å²) < 4.78 is 31.6. The van der Waals surface area contributed by atoms with Crippen LogP contribution in [0.3, 0.4) is 0 Å². The molecule has 2 rings (SSSR count). The number of rotatable bonds is 2. The van der Waals surface area contributed by atoms with Gasteiger partial charge in [0.25, 0.3) is 0 Å². The van der Waals surface area contributed by atoms with E-state index in [4.69, 9.17) is 5.48 Å². The molecule has 1 aromatic heterocycles. The van der Waals surface area contributed by atoms with Crippen molar-refractivity contribution in [3.05, 3.63) is 60.3 Å². The predicted molar refractivity (Wildman–Crippen MR) is 50.0 cm³/mol. The Labute approximate surface area is 77.9 Å². The largest absolute Gasteiger partial charge is 0.350 e. The first-order valence-corrected chi connectivity index (χ1v) is 3.78. The monoisotopic (exact) mass is 161 g/mol. The van der Waals surface area contributed by atoms with Crippen LogP contribution in [-0.2, 0) is 6.54 Å². The molecule has 0 fully saturated rings. The zero-order valence-corrected chi connectivity index (χ0v) is 6.54. The van der Waals surface area contributed by atoms with Gasteiger partial charge in [0, 0.05) is 18.9 Å². The molecule has 0 atom stereocenters. The molecule has 2 aromatic rings. The van der Waals surface area contributed by atoms with Gasteiger partial charge < -0.3 is 4.57 Å². The van der Waals surface area contributed by atoms with Crippen LogP contribution in [0, 0.1) is 0 Å². The van der Waals surface area contributed by atoms with Crippen molar-refractivity contribution in [1.29, 1.82) is 0 Å². The molecule has 0 unspecified atom stereocenters. The van der Waals surface area contributed by atoms with Gasteiger partial charge in [-0.3, -0.25) is 0 Å². The van der Waals surface area contributed by atoms with Crippen LogP contribution < -0.4 is 0 Å². The highest BCUT2D eigenvalue weighted by Crippen LogP contribution is 2.01. The van der Waals surface area contributed by atoms with E-state index in [0.717, 1.165) is 5.56 Å². The van der Waals surface area contributed by atoms with Crippen LogP contribution in [0.1, 0.15) is 11.0 Å². The number of aromatic nitrogens is 1. The molecule has 0 radical (unpaired) electrons. The fourth-order valence-electron chi connectivity index (χ4n) is 1.06. The van der Waals surface area contributed by atoms with Crippen molar-refractivity contribution in [1.82, 2.24) is 4.57 Å². The van der Waals surface area contributed by atoms with Crippen LogP contribution in [-0.4, -0.2) is 4.57 Å². The first-order valence-electron chi connectivity index (χ1n) is 5.78. The summed E-state index contributed by atoms with van der Waals surface area (Å²) >= 11 is 0. The van der Waals surface area contributed by atoms with Crippen LogP contribution in [0.2, 0.25) is 0 Å². The highest BCUT2D eigenvalue weighted by molar-refractivity contribution is 5.15. The molecule has 0 aliphatic heterocycles. The van der Waals surface area contributed by atoms with Gasteiger partial charge in [0.15, 0.2) is 0 Å². The zero-order chi connectivity index (χ0) is 11.7. The third kappa shape index (κ3) is 1.56. The molecular weight excluding hydrogens is 146 g/mol. The molecule has 0 spiro atoms. The van der Waals surface area contributed by atoms with Gasteiger partial charge in [-0.05, 0) is 17.6 Å². The van der Waals surface area contributed by atoms with Crippen molar-refractivity contribution in [2.24, 2.45) is 0 Å². The van der Waals surface area contributed by atoms with Crippen LogP contribution in [0.15, 0.2) is 54.8 Å². The molecule has 0 aliphatic carbocycles. The van der Waals surface area contributed by atoms with E-state index in [1.165, 1.54) is 4.57 Å². The third-order valence-corrected chi connectivity index (χ3v) is 1.63. The number of hydrogen-bond donors (Lipinski definition) is 0. The second kappa shape index (κ2) is 3.26. The quantitative estimate of drug-likeness (QED) is 0.638. The Bertz CT molecular complexity index is 479. The fraction of sp³-hybridized carbons (Fsp3) is 0.0909. The molecule has 0 saturated carbocycles. The summed E-state index contributed by atoms with van der Waals surface area (Å²) in [6, 6.07) is 9.10. The van der Waals surface area contributed by atoms with Gasteiger partial charge in [-0.15, -0.1) is 0 Å². The van der Waals surface area contributed by atoms with Gasteiger partial charge in [0.2, 0.25) is 0 Å². The summed E-state index contributed by atoms with van der Waals surface area (Å²) in [5, 5.41) is 0. The molecule has 0 saturated heterocycles. The van der Waals surface area contributed by atoms with Crippen molar-refractivity contribution in [2.45, 2.75) is 6.54 Å². The minimum absolute atomic E-state index is 0.0705. The molecule has 1 heteroatoms. The summed E-state index contributed by atoms with van der Waals surface area (Å²) in [6.45, 7) is 0.364. The lowest BCUT2D eigenvalue weighted by Gasteiger charge is -2.01. The van der Waals surface area contributed by atoms with Gasteiger partial charge in [0.05, 0.1) is 5.48 Å². The lowest BCUT2D eigenvalue weighted by atomic mass is 10.2. The molecule has 0 amide bonds. The maximum absolute atomic E-state index is 7.64. The average molecular weight is 161 g/mol. The van der Waals surface area contributed by atoms with Crippen molar-refractivity contribution in [2.75, 3.05) is 0 Å². The van der Waals surface area contributed by atoms with E-state index in [2.05, 4.69) is 0 Å². The van der Waals surface area contributed by atoms with E-state index in [0.29, 0.717) is 6.54 Å². The van der Waals surface area contributed by atoms with Gasteiger partial charge in [-0.1, -0.05) is 30.3 Å². The van der Waals surface area contributed by atoms with Crippen molar-refractivity contribution >= 4 is 0 Å². The Morgan fingerprint density at radius 2 is 1.75 bits per heavy atom. The van der Waals surface area contributed by atoms with E-state index in [1.54, 1.807) is 0 Å². The number of benzene rings is 1. The Morgan fingerprint density at radius 3 is 2.42 bits per heavy atom. The number of nitrogens with zero attached hydrogens (tertiary/aromatic N) is 1. The van der Waals surface area contributed by atoms with Crippen LogP contribution in [0.25, 0.3) is 0 Å². The van der Waals surface area contributed by atoms with Gasteiger partial charge in [-0.25, -0.2) is 0 Å². The molecular formula is C11H11N. The van der Waals surface area contributed by atoms with E-state index in [9.17, 15) is 0 Å². The number of hydrogen-bond acceptors (Lipinski definition) is 0. The summed E-state index contributed by atoms with van der Waals surface area (Å²) in [5.74, 6) is 0. The maximum atomic E-state index is 7.64. The van der Waals surface area contributed by atoms with E-state index < -0.39 is 0 Å². The molecule has 12 heavy (non-hydrogen) atoms. The van der Waals surface area contributed by atoms with Crippen molar-refractivity contribution in [3.63, 3.8) is 0 Å². The highest BCUT2D eigenvalue weighted by atomic mass is 14.9. The third-order valence-electron chi connectivity index (χ3n) is 1.63. The Morgan fingerprint density at radius 1 is 1.08 bits per heavy atom. The highest BCUT2D eigenvalue weighted by Gasteiger charge is 1.90. The van der Waals surface area contributed by atoms with E-state index in [-0.39, 0.29) is 24.4 Å². The predicted octanol–water partition coefficient (Wildman–Crippen LogP) is 2.54. The second-order valence-corrected chi connectivity index (χ2v) is 2.55. The lowest BCUT2D eigenvalue weighted by Crippen LogP contribution is -1.94. The normalized spacial score (nSPS) is 14.7. The Balaban J connectivity index is 2.39. The fourth-order valence-corrected chi connectivity index (χ4v) is 1.06. The van der Waals surface area contributed by atoms with Crippen LogP contribution in [0.4, 0.5) is 0 Å². The molecule has 60 valence electrons. The molecule has 1 aromatic carbocycles. The minimum Gasteiger partial charge on any atom is -0.350 e. The smallest absolute Gasteiger partial charge is 0.0818 e. The summed E-state index contributed by atoms with van der Waals surface area (Å²) in [5.41, 5.74) is 0.958. The topological polar surface area (TPSA) is 4.93 Å². The second-order valence-electron chi connectivity index (χ2n) is 2.55. The van der Waals surface area contributed by atoms with E-state index in [1.807, 2.05) is 30.3 Å². The molecule has 1 heterocycles. The zero-order valence-electron chi connectivity index (χ0n) is 10.5. The Kier molecular flexibility index (Phi) is 1.07. The Hall–Kier alpha value is -1.50. The van der Waals surface area contributed by atoms with Crippen LogP contribution >= 0.6 is 0 Å². The van der Waals surface area contributed by atoms with Crippen molar-refractivity contribution in [3.8, 4) is 0 Å². The first-order chi connectivity index (χ1) is 7.61. The average Bonchev–Trinajstić information content (AvgIpc) is 2.48. The maximum Gasteiger partial charge on any atom is 0.0818 e. The lowest BCUT2D eigenvalue weighted by molar-refractivity contribution is 0.806. The molecule has 0 aliphatic rings. The summed E-state index contributed by atoms with van der Waals surface area (Å²) in [6.07, 6.45) is -0.141. The molecule has 0 N–H and O–H groups in total. The van der Waals surface area contributed by atoms with Crippen LogP contribution in [0.5, 0.6) is 0 Å².